The van der Waals surface area contributed by atoms with E-state index in [-0.39, 0.29) is 5.82 Å². The second-order valence-electron chi connectivity index (χ2n) is 9.44. The predicted molar refractivity (Wildman–Crippen MR) is 90.7 cm³/mol. The molecule has 0 nitrogen and oxygen atoms in total. The van der Waals surface area contributed by atoms with Crippen molar-refractivity contribution in [2.75, 3.05) is 0 Å². The minimum Gasteiger partial charge on any atom is -0.207 e. The average Bonchev–Trinajstić information content (AvgIpc) is 3.21. The summed E-state index contributed by atoms with van der Waals surface area (Å²) in [4.78, 5) is 0. The molecular weight excluding hydrogens is 283 g/mol. The van der Waals surface area contributed by atoms with Gasteiger partial charge in [0.15, 0.2) is 0 Å². The van der Waals surface area contributed by atoms with Crippen molar-refractivity contribution in [2.45, 2.75) is 63.7 Å². The molecule has 23 heavy (non-hydrogen) atoms. The van der Waals surface area contributed by atoms with E-state index in [9.17, 15) is 4.39 Å². The van der Waals surface area contributed by atoms with Crippen LogP contribution in [0.4, 0.5) is 4.39 Å². The molecule has 1 aromatic carbocycles. The summed E-state index contributed by atoms with van der Waals surface area (Å²) in [5, 5.41) is 0. The molecule has 4 bridgehead atoms. The molecule has 5 saturated carbocycles. The summed E-state index contributed by atoms with van der Waals surface area (Å²) in [5.41, 5.74) is 6.14. The molecule has 0 aromatic heterocycles. The maximum Gasteiger partial charge on any atom is 0.127 e. The van der Waals surface area contributed by atoms with Crippen LogP contribution in [0, 0.1) is 29.0 Å². The van der Waals surface area contributed by atoms with Crippen molar-refractivity contribution in [3.05, 3.63) is 40.2 Å². The number of allylic oxidation sites excluding steroid dienone is 1. The van der Waals surface area contributed by atoms with E-state index < -0.39 is 0 Å². The van der Waals surface area contributed by atoms with Crippen molar-refractivity contribution in [3.8, 4) is 0 Å². The van der Waals surface area contributed by atoms with Crippen LogP contribution in [0.3, 0.4) is 0 Å². The van der Waals surface area contributed by atoms with Gasteiger partial charge >= 0.3 is 0 Å². The van der Waals surface area contributed by atoms with Gasteiger partial charge in [-0.15, -0.1) is 0 Å². The largest absolute Gasteiger partial charge is 0.207 e. The Bertz CT molecular complexity index is 737. The number of benzene rings is 1. The summed E-state index contributed by atoms with van der Waals surface area (Å²) in [7, 11) is 0. The topological polar surface area (TPSA) is 0 Å². The van der Waals surface area contributed by atoms with Crippen molar-refractivity contribution in [1.82, 2.24) is 0 Å². The van der Waals surface area contributed by atoms with Crippen LogP contribution in [0.1, 0.15) is 68.6 Å². The second-order valence-corrected chi connectivity index (χ2v) is 9.44. The van der Waals surface area contributed by atoms with Gasteiger partial charge in [0, 0.05) is 5.41 Å². The Balaban J connectivity index is 1.60. The van der Waals surface area contributed by atoms with E-state index in [1.54, 1.807) is 11.6 Å². The maximum absolute atomic E-state index is 14.4. The molecule has 1 aromatic rings. The molecule has 0 N–H and O–H groups in total. The summed E-state index contributed by atoms with van der Waals surface area (Å²) >= 11 is 0. The third kappa shape index (κ3) is 1.44. The summed E-state index contributed by atoms with van der Waals surface area (Å²) in [6.45, 7) is 2.16. The van der Waals surface area contributed by atoms with Gasteiger partial charge in [-0.1, -0.05) is 17.7 Å². The Hall–Kier alpha value is -1.11. The maximum atomic E-state index is 14.4. The lowest BCUT2D eigenvalue weighted by atomic mass is 9.41. The highest BCUT2D eigenvalue weighted by molar-refractivity contribution is 5.69. The van der Waals surface area contributed by atoms with E-state index in [0.717, 1.165) is 29.7 Å². The van der Waals surface area contributed by atoms with Gasteiger partial charge in [-0.2, -0.15) is 0 Å². The Morgan fingerprint density at radius 2 is 1.78 bits per heavy atom. The molecule has 1 heteroatoms. The van der Waals surface area contributed by atoms with Crippen molar-refractivity contribution >= 4 is 6.08 Å². The Morgan fingerprint density at radius 3 is 2.48 bits per heavy atom. The van der Waals surface area contributed by atoms with Gasteiger partial charge in [0.05, 0.1) is 0 Å². The molecule has 7 rings (SSSR count). The molecule has 6 aliphatic rings. The zero-order chi connectivity index (χ0) is 15.4. The van der Waals surface area contributed by atoms with Gasteiger partial charge in [0.25, 0.3) is 0 Å². The zero-order valence-corrected chi connectivity index (χ0v) is 14.0. The first-order valence-electron chi connectivity index (χ1n) is 9.60. The summed E-state index contributed by atoms with van der Waals surface area (Å²) in [6.07, 6.45) is 13.3. The first-order chi connectivity index (χ1) is 11.1. The van der Waals surface area contributed by atoms with E-state index in [1.165, 1.54) is 56.1 Å². The lowest BCUT2D eigenvalue weighted by Crippen LogP contribution is -2.56. The van der Waals surface area contributed by atoms with Gasteiger partial charge in [-0.05, 0) is 104 Å². The minimum absolute atomic E-state index is 0.0198. The molecular formula is C22H25F. The van der Waals surface area contributed by atoms with Gasteiger partial charge in [-0.25, -0.2) is 4.39 Å². The molecule has 2 atom stereocenters. The first kappa shape index (κ1) is 13.2. The molecule has 0 heterocycles. The summed E-state index contributed by atoms with van der Waals surface area (Å²) in [5.74, 6) is 2.89. The van der Waals surface area contributed by atoms with E-state index in [0.29, 0.717) is 10.8 Å². The number of fused-ring (bicyclic) bond motifs is 1. The fourth-order valence-corrected chi connectivity index (χ4v) is 7.70. The van der Waals surface area contributed by atoms with Crippen molar-refractivity contribution in [2.24, 2.45) is 23.2 Å². The number of hydrogen-bond acceptors (Lipinski definition) is 0. The molecule has 5 fully saturated rings. The van der Waals surface area contributed by atoms with Crippen LogP contribution in [0.5, 0.6) is 0 Å². The molecule has 0 saturated heterocycles. The highest BCUT2D eigenvalue weighted by Gasteiger charge is 2.70. The Labute approximate surface area is 138 Å². The van der Waals surface area contributed by atoms with Crippen LogP contribution in [0.2, 0.25) is 0 Å². The van der Waals surface area contributed by atoms with Crippen LogP contribution in [-0.4, -0.2) is 0 Å². The monoisotopic (exact) mass is 308 g/mol. The molecule has 0 radical (unpaired) electrons. The SMILES string of the molecule is CC1=Cc2c(C34CC5CC(CC(C5)C35CC5)C4)ccc(F)c2C1. The summed E-state index contributed by atoms with van der Waals surface area (Å²) < 4.78 is 14.4. The van der Waals surface area contributed by atoms with E-state index >= 15 is 0 Å². The minimum atomic E-state index is 0.0198. The zero-order valence-electron chi connectivity index (χ0n) is 14.0. The lowest BCUT2D eigenvalue weighted by Gasteiger charge is -2.63. The average molecular weight is 308 g/mol. The van der Waals surface area contributed by atoms with Crippen LogP contribution in [-0.2, 0) is 11.8 Å². The van der Waals surface area contributed by atoms with Gasteiger partial charge < -0.3 is 0 Å². The molecule has 1 spiro atoms. The molecule has 6 aliphatic carbocycles. The number of halogens is 1. The van der Waals surface area contributed by atoms with Crippen LogP contribution >= 0.6 is 0 Å². The normalized spacial score (nSPS) is 41.3. The standard InChI is InChI=1S/C22H25F/c1-13-6-17-18(7-13)20(23)3-2-19(17)22-11-14-8-15(12-22)10-16(9-14)21(22)4-5-21/h2-3,6,14-16H,4-5,7-12H2,1H3. The third-order valence-corrected chi connectivity index (χ3v) is 8.36. The highest BCUT2D eigenvalue weighted by Crippen LogP contribution is 2.78. The quantitative estimate of drug-likeness (QED) is 0.629. The van der Waals surface area contributed by atoms with Gasteiger partial charge in [-0.3, -0.25) is 0 Å². The first-order valence-corrected chi connectivity index (χ1v) is 9.60. The van der Waals surface area contributed by atoms with Crippen LogP contribution in [0.15, 0.2) is 17.7 Å². The van der Waals surface area contributed by atoms with E-state index in [1.807, 2.05) is 0 Å². The highest BCUT2D eigenvalue weighted by atomic mass is 19.1. The van der Waals surface area contributed by atoms with E-state index in [4.69, 9.17) is 0 Å². The van der Waals surface area contributed by atoms with Crippen LogP contribution < -0.4 is 0 Å². The van der Waals surface area contributed by atoms with Crippen molar-refractivity contribution in [3.63, 3.8) is 0 Å². The second kappa shape index (κ2) is 3.92. The smallest absolute Gasteiger partial charge is 0.127 e. The number of hydrogen-bond donors (Lipinski definition) is 0. The molecule has 2 unspecified atom stereocenters. The molecule has 120 valence electrons. The van der Waals surface area contributed by atoms with Crippen molar-refractivity contribution < 1.29 is 4.39 Å². The fraction of sp³-hybridized carbons (Fsp3) is 0.636. The molecule has 0 amide bonds. The van der Waals surface area contributed by atoms with E-state index in [2.05, 4.69) is 19.1 Å². The fourth-order valence-electron chi connectivity index (χ4n) is 7.70. The van der Waals surface area contributed by atoms with Crippen molar-refractivity contribution in [1.29, 1.82) is 0 Å². The van der Waals surface area contributed by atoms with Gasteiger partial charge in [0.1, 0.15) is 5.82 Å². The lowest BCUT2D eigenvalue weighted by molar-refractivity contribution is -0.0775. The summed E-state index contributed by atoms with van der Waals surface area (Å²) in [6, 6.07) is 3.98. The molecule has 0 aliphatic heterocycles. The Morgan fingerprint density at radius 1 is 1.04 bits per heavy atom. The predicted octanol–water partition coefficient (Wildman–Crippen LogP) is 5.64. The Kier molecular flexibility index (Phi) is 2.25. The third-order valence-electron chi connectivity index (χ3n) is 8.36. The van der Waals surface area contributed by atoms with Gasteiger partial charge in [0.2, 0.25) is 0 Å². The van der Waals surface area contributed by atoms with Crippen LogP contribution in [0.25, 0.3) is 6.08 Å². The number of rotatable bonds is 1.